The molecular formula is C13H15O3Si. The molecular weight excluding hydrogens is 232 g/mol. The predicted molar refractivity (Wildman–Crippen MR) is 66.5 cm³/mol. The summed E-state index contributed by atoms with van der Waals surface area (Å²) in [5.74, 6) is -0.373. The lowest BCUT2D eigenvalue weighted by Crippen LogP contribution is -2.04. The lowest BCUT2D eigenvalue weighted by molar-refractivity contribution is -0.137. The molecule has 0 amide bonds. The lowest BCUT2D eigenvalue weighted by atomic mass is 10.0. The monoisotopic (exact) mass is 247 g/mol. The number of rotatable bonds is 7. The molecule has 3 radical (unpaired) electrons. The number of hydrogen-bond donors (Lipinski definition) is 0. The van der Waals surface area contributed by atoms with Crippen LogP contribution in [0, 0.1) is 0 Å². The van der Waals surface area contributed by atoms with E-state index >= 15 is 0 Å². The Balaban J connectivity index is 2.40. The molecule has 0 saturated heterocycles. The van der Waals surface area contributed by atoms with Gasteiger partial charge in [-0.15, -0.1) is 0 Å². The van der Waals surface area contributed by atoms with Crippen LogP contribution in [0.2, 0.25) is 0 Å². The van der Waals surface area contributed by atoms with Crippen molar-refractivity contribution in [1.82, 2.24) is 0 Å². The molecule has 0 spiro atoms. The summed E-state index contributed by atoms with van der Waals surface area (Å²) in [4.78, 5) is 10.8. The second-order valence-electron chi connectivity index (χ2n) is 3.53. The molecule has 0 aliphatic heterocycles. The van der Waals surface area contributed by atoms with E-state index in [2.05, 4.69) is 23.1 Å². The SMILES string of the molecule is C=CC(=O)OCCCc1ccccc1CO[Si]. The molecule has 0 N–H and O–H groups in total. The molecule has 0 fully saturated rings. The van der Waals surface area contributed by atoms with Crippen LogP contribution in [0.3, 0.4) is 0 Å². The van der Waals surface area contributed by atoms with E-state index in [9.17, 15) is 4.79 Å². The minimum absolute atomic E-state index is 0.373. The van der Waals surface area contributed by atoms with Crippen LogP contribution in [0.4, 0.5) is 0 Å². The molecule has 1 aromatic rings. The fourth-order valence-corrected chi connectivity index (χ4v) is 1.67. The van der Waals surface area contributed by atoms with E-state index in [1.807, 2.05) is 18.2 Å². The summed E-state index contributed by atoms with van der Waals surface area (Å²) < 4.78 is 9.85. The first-order valence-corrected chi connectivity index (χ1v) is 5.83. The second-order valence-corrected chi connectivity index (χ2v) is 3.82. The van der Waals surface area contributed by atoms with E-state index in [-0.39, 0.29) is 5.97 Å². The lowest BCUT2D eigenvalue weighted by Gasteiger charge is -2.08. The molecule has 0 aromatic heterocycles. The largest absolute Gasteiger partial charge is 0.463 e. The molecule has 89 valence electrons. The highest BCUT2D eigenvalue weighted by Crippen LogP contribution is 2.12. The first-order valence-electron chi connectivity index (χ1n) is 5.42. The summed E-state index contributed by atoms with van der Waals surface area (Å²) in [6.45, 7) is 4.28. The van der Waals surface area contributed by atoms with Gasteiger partial charge in [-0.2, -0.15) is 0 Å². The Kier molecular flexibility index (Phi) is 6.28. The molecule has 1 rings (SSSR count). The van der Waals surface area contributed by atoms with Crippen molar-refractivity contribution in [2.45, 2.75) is 19.4 Å². The van der Waals surface area contributed by atoms with Gasteiger partial charge in [0.05, 0.1) is 13.2 Å². The Bertz CT molecular complexity index is 377. The van der Waals surface area contributed by atoms with E-state index < -0.39 is 0 Å². The number of aryl methyl sites for hydroxylation is 1. The molecule has 3 nitrogen and oxygen atoms in total. The van der Waals surface area contributed by atoms with Crippen LogP contribution in [0.5, 0.6) is 0 Å². The molecule has 0 unspecified atom stereocenters. The summed E-state index contributed by atoms with van der Waals surface area (Å²) >= 11 is 0. The van der Waals surface area contributed by atoms with Gasteiger partial charge in [0.15, 0.2) is 0 Å². The number of hydrogen-bond acceptors (Lipinski definition) is 3. The smallest absolute Gasteiger partial charge is 0.330 e. The van der Waals surface area contributed by atoms with Gasteiger partial charge in [0, 0.05) is 6.08 Å². The Labute approximate surface area is 105 Å². The maximum atomic E-state index is 10.8. The number of benzene rings is 1. The number of esters is 1. The van der Waals surface area contributed by atoms with Crippen molar-refractivity contribution in [2.24, 2.45) is 0 Å². The molecule has 1 aromatic carbocycles. The van der Waals surface area contributed by atoms with Gasteiger partial charge in [-0.3, -0.25) is 0 Å². The highest BCUT2D eigenvalue weighted by atomic mass is 28.2. The van der Waals surface area contributed by atoms with E-state index in [1.165, 1.54) is 11.6 Å². The van der Waals surface area contributed by atoms with E-state index in [0.29, 0.717) is 13.2 Å². The van der Waals surface area contributed by atoms with Crippen molar-refractivity contribution in [2.75, 3.05) is 6.61 Å². The molecule has 0 aliphatic rings. The Hall–Kier alpha value is -1.39. The quantitative estimate of drug-likeness (QED) is 0.320. The maximum Gasteiger partial charge on any atom is 0.330 e. The zero-order valence-electron chi connectivity index (χ0n) is 9.65. The normalized spacial score (nSPS) is 9.94. The fraction of sp³-hybridized carbons (Fsp3) is 0.308. The van der Waals surface area contributed by atoms with Crippen molar-refractivity contribution in [3.05, 3.63) is 48.0 Å². The highest BCUT2D eigenvalue weighted by molar-refractivity contribution is 5.97. The summed E-state index contributed by atoms with van der Waals surface area (Å²) in [5.41, 5.74) is 2.35. The second kappa shape index (κ2) is 7.81. The third-order valence-electron chi connectivity index (χ3n) is 2.35. The minimum atomic E-state index is -0.373. The Morgan fingerprint density at radius 1 is 1.35 bits per heavy atom. The number of ether oxygens (including phenoxy) is 1. The molecule has 17 heavy (non-hydrogen) atoms. The average Bonchev–Trinajstić information content (AvgIpc) is 2.36. The first kappa shape index (κ1) is 13.7. The summed E-state index contributed by atoms with van der Waals surface area (Å²) in [6, 6.07) is 8.03. The van der Waals surface area contributed by atoms with E-state index in [4.69, 9.17) is 9.16 Å². The first-order chi connectivity index (χ1) is 8.27. The van der Waals surface area contributed by atoms with Crippen LogP contribution >= 0.6 is 0 Å². The molecule has 0 heterocycles. The van der Waals surface area contributed by atoms with Gasteiger partial charge in [0.1, 0.15) is 0 Å². The van der Waals surface area contributed by atoms with Crippen molar-refractivity contribution >= 4 is 16.5 Å². The summed E-state index contributed by atoms with van der Waals surface area (Å²) in [6.07, 6.45) is 2.82. The van der Waals surface area contributed by atoms with Gasteiger partial charge in [0.2, 0.25) is 10.5 Å². The van der Waals surface area contributed by atoms with Crippen LogP contribution in [0.15, 0.2) is 36.9 Å². The van der Waals surface area contributed by atoms with Crippen molar-refractivity contribution in [3.8, 4) is 0 Å². The third-order valence-corrected chi connectivity index (χ3v) is 2.49. The fourth-order valence-electron chi connectivity index (χ4n) is 1.51. The van der Waals surface area contributed by atoms with Crippen LogP contribution in [-0.2, 0) is 27.0 Å². The van der Waals surface area contributed by atoms with Gasteiger partial charge in [-0.05, 0) is 24.0 Å². The molecule has 0 atom stereocenters. The number of carbonyl (C=O) groups is 1. The zero-order chi connectivity index (χ0) is 12.5. The van der Waals surface area contributed by atoms with Gasteiger partial charge >= 0.3 is 5.97 Å². The third kappa shape index (κ3) is 4.97. The topological polar surface area (TPSA) is 35.5 Å². The maximum absolute atomic E-state index is 10.8. The predicted octanol–water partition coefficient (Wildman–Crippen LogP) is 1.95. The van der Waals surface area contributed by atoms with E-state index in [1.54, 1.807) is 0 Å². The van der Waals surface area contributed by atoms with Gasteiger partial charge in [-0.25, -0.2) is 4.79 Å². The highest BCUT2D eigenvalue weighted by Gasteiger charge is 2.02. The van der Waals surface area contributed by atoms with Crippen molar-refractivity contribution in [1.29, 1.82) is 0 Å². The molecule has 0 aliphatic carbocycles. The van der Waals surface area contributed by atoms with Crippen LogP contribution in [0.1, 0.15) is 17.5 Å². The van der Waals surface area contributed by atoms with Gasteiger partial charge in [-0.1, -0.05) is 30.8 Å². The minimum Gasteiger partial charge on any atom is -0.463 e. The van der Waals surface area contributed by atoms with Gasteiger partial charge in [0.25, 0.3) is 0 Å². The van der Waals surface area contributed by atoms with Gasteiger partial charge < -0.3 is 9.16 Å². The average molecular weight is 247 g/mol. The van der Waals surface area contributed by atoms with Crippen LogP contribution < -0.4 is 0 Å². The van der Waals surface area contributed by atoms with Crippen molar-refractivity contribution in [3.63, 3.8) is 0 Å². The Morgan fingerprint density at radius 3 is 2.71 bits per heavy atom. The molecule has 0 saturated carbocycles. The summed E-state index contributed by atoms with van der Waals surface area (Å²) in [5, 5.41) is 0. The standard InChI is InChI=1S/C13H15O3Si/c1-2-13(14)15-9-5-8-11-6-3-4-7-12(11)10-16-17/h2-4,6-7H,1,5,8-10H2. The van der Waals surface area contributed by atoms with Crippen LogP contribution in [0.25, 0.3) is 0 Å². The van der Waals surface area contributed by atoms with E-state index in [0.717, 1.165) is 18.4 Å². The molecule has 4 heteroatoms. The summed E-state index contributed by atoms with van der Waals surface area (Å²) in [7, 11) is 3.00. The Morgan fingerprint density at radius 2 is 2.06 bits per heavy atom. The zero-order valence-corrected chi connectivity index (χ0v) is 10.6. The van der Waals surface area contributed by atoms with Crippen LogP contribution in [-0.4, -0.2) is 23.1 Å². The number of carbonyl (C=O) groups excluding carboxylic acids is 1. The van der Waals surface area contributed by atoms with Crippen molar-refractivity contribution < 1.29 is 14.0 Å². The molecule has 0 bridgehead atoms.